The largest absolute Gasteiger partial charge is 0.354 e. The molecule has 0 aliphatic rings. The van der Waals surface area contributed by atoms with Gasteiger partial charge in [0.05, 0.1) is 0 Å². The van der Waals surface area contributed by atoms with Crippen molar-refractivity contribution in [1.29, 1.82) is 0 Å². The summed E-state index contributed by atoms with van der Waals surface area (Å²) >= 11 is 5.85. The predicted octanol–water partition coefficient (Wildman–Crippen LogP) is 4.32. The van der Waals surface area contributed by atoms with Gasteiger partial charge in [-0.2, -0.15) is 0 Å². The van der Waals surface area contributed by atoms with Gasteiger partial charge in [-0.1, -0.05) is 23.7 Å². The zero-order valence-electron chi connectivity index (χ0n) is 14.0. The van der Waals surface area contributed by atoms with Gasteiger partial charge in [0, 0.05) is 29.5 Å². The molecule has 0 bridgehead atoms. The van der Waals surface area contributed by atoms with Crippen LogP contribution in [0.15, 0.2) is 54.7 Å². The van der Waals surface area contributed by atoms with E-state index in [9.17, 15) is 13.6 Å². The Morgan fingerprint density at radius 3 is 2.56 bits per heavy atom. The Hall–Kier alpha value is -3.06. The number of hydrogen-bond donors (Lipinski definition) is 2. The Bertz CT molecular complexity index is 951. The van der Waals surface area contributed by atoms with Gasteiger partial charge in [0.2, 0.25) is 5.95 Å². The van der Waals surface area contributed by atoms with E-state index >= 15 is 0 Å². The smallest absolute Gasteiger partial charge is 0.274 e. The molecule has 3 rings (SSSR count). The highest BCUT2D eigenvalue weighted by Gasteiger charge is 2.11. The van der Waals surface area contributed by atoms with Crippen LogP contribution in [0.4, 0.5) is 20.4 Å². The monoisotopic (exact) mass is 388 g/mol. The Morgan fingerprint density at radius 2 is 1.81 bits per heavy atom. The van der Waals surface area contributed by atoms with Crippen molar-refractivity contribution < 1.29 is 13.6 Å². The SMILES string of the molecule is O=C(Nc1ccc(F)c(F)c1)c1ccnc(NCCc2ccc(Cl)cc2)n1. The minimum absolute atomic E-state index is 0.101. The van der Waals surface area contributed by atoms with Crippen LogP contribution in [0.3, 0.4) is 0 Å². The first-order valence-corrected chi connectivity index (χ1v) is 8.47. The van der Waals surface area contributed by atoms with Crippen LogP contribution in [-0.2, 0) is 6.42 Å². The number of aromatic nitrogens is 2. The molecule has 0 saturated heterocycles. The predicted molar refractivity (Wildman–Crippen MR) is 100.0 cm³/mol. The minimum Gasteiger partial charge on any atom is -0.354 e. The number of benzene rings is 2. The van der Waals surface area contributed by atoms with E-state index in [4.69, 9.17) is 11.6 Å². The number of carbonyl (C=O) groups excluding carboxylic acids is 1. The lowest BCUT2D eigenvalue weighted by Gasteiger charge is -2.08. The van der Waals surface area contributed by atoms with Crippen molar-refractivity contribution in [2.75, 3.05) is 17.2 Å². The maximum absolute atomic E-state index is 13.2. The van der Waals surface area contributed by atoms with Gasteiger partial charge in [0.1, 0.15) is 5.69 Å². The molecule has 0 saturated carbocycles. The number of nitrogens with zero attached hydrogens (tertiary/aromatic N) is 2. The summed E-state index contributed by atoms with van der Waals surface area (Å²) in [7, 11) is 0. The Morgan fingerprint density at radius 1 is 1.04 bits per heavy atom. The second kappa shape index (κ2) is 8.55. The molecule has 1 heterocycles. The summed E-state index contributed by atoms with van der Waals surface area (Å²) in [6.07, 6.45) is 2.17. The average Bonchev–Trinajstić information content (AvgIpc) is 2.66. The lowest BCUT2D eigenvalue weighted by atomic mass is 10.1. The van der Waals surface area contributed by atoms with Gasteiger partial charge in [0.25, 0.3) is 5.91 Å². The Balaban J connectivity index is 1.59. The fourth-order valence-electron chi connectivity index (χ4n) is 2.31. The molecule has 3 aromatic rings. The molecule has 2 N–H and O–H groups in total. The van der Waals surface area contributed by atoms with E-state index in [1.165, 1.54) is 18.3 Å². The van der Waals surface area contributed by atoms with Crippen molar-refractivity contribution >= 4 is 29.1 Å². The zero-order valence-corrected chi connectivity index (χ0v) is 14.8. The first-order valence-electron chi connectivity index (χ1n) is 8.09. The van der Waals surface area contributed by atoms with E-state index in [2.05, 4.69) is 20.6 Å². The highest BCUT2D eigenvalue weighted by atomic mass is 35.5. The summed E-state index contributed by atoms with van der Waals surface area (Å²) in [5.74, 6) is -2.28. The molecular formula is C19H15ClF2N4O. The molecule has 5 nitrogen and oxygen atoms in total. The lowest BCUT2D eigenvalue weighted by molar-refractivity contribution is 0.102. The summed E-state index contributed by atoms with van der Waals surface area (Å²) < 4.78 is 26.2. The third-order valence-electron chi connectivity index (χ3n) is 3.68. The topological polar surface area (TPSA) is 66.9 Å². The van der Waals surface area contributed by atoms with Gasteiger partial charge in [-0.25, -0.2) is 18.7 Å². The molecule has 2 aromatic carbocycles. The first kappa shape index (κ1) is 18.7. The summed E-state index contributed by atoms with van der Waals surface area (Å²) in [5, 5.41) is 6.18. The minimum atomic E-state index is -1.04. The van der Waals surface area contributed by atoms with Crippen LogP contribution in [0.5, 0.6) is 0 Å². The van der Waals surface area contributed by atoms with Crippen molar-refractivity contribution in [2.24, 2.45) is 0 Å². The van der Waals surface area contributed by atoms with E-state index in [0.29, 0.717) is 17.5 Å². The molecule has 0 radical (unpaired) electrons. The van der Waals surface area contributed by atoms with Crippen LogP contribution >= 0.6 is 11.6 Å². The maximum atomic E-state index is 13.2. The third-order valence-corrected chi connectivity index (χ3v) is 3.93. The number of carbonyl (C=O) groups is 1. The lowest BCUT2D eigenvalue weighted by Crippen LogP contribution is -2.16. The fourth-order valence-corrected chi connectivity index (χ4v) is 2.44. The molecule has 1 amide bonds. The highest BCUT2D eigenvalue weighted by molar-refractivity contribution is 6.30. The van der Waals surface area contributed by atoms with Gasteiger partial charge in [-0.3, -0.25) is 4.79 Å². The first-order chi connectivity index (χ1) is 13.0. The van der Waals surface area contributed by atoms with E-state index < -0.39 is 17.5 Å². The fraction of sp³-hybridized carbons (Fsp3) is 0.105. The molecule has 0 spiro atoms. The second-order valence-corrected chi connectivity index (χ2v) is 6.09. The van der Waals surface area contributed by atoms with Crippen molar-refractivity contribution in [3.8, 4) is 0 Å². The average molecular weight is 389 g/mol. The molecule has 0 aliphatic heterocycles. The third kappa shape index (κ3) is 5.21. The molecule has 1 aromatic heterocycles. The van der Waals surface area contributed by atoms with Crippen LogP contribution < -0.4 is 10.6 Å². The van der Waals surface area contributed by atoms with Crippen LogP contribution in [0.1, 0.15) is 16.1 Å². The molecule has 0 atom stereocenters. The van der Waals surface area contributed by atoms with Crippen LogP contribution in [0.2, 0.25) is 5.02 Å². The number of rotatable bonds is 6. The van der Waals surface area contributed by atoms with Crippen molar-refractivity contribution in [1.82, 2.24) is 9.97 Å². The summed E-state index contributed by atoms with van der Waals surface area (Å²) in [6, 6.07) is 12.0. The van der Waals surface area contributed by atoms with Gasteiger partial charge < -0.3 is 10.6 Å². The van der Waals surface area contributed by atoms with Gasteiger partial charge >= 0.3 is 0 Å². The molecule has 0 fully saturated rings. The van der Waals surface area contributed by atoms with E-state index in [1.807, 2.05) is 24.3 Å². The van der Waals surface area contributed by atoms with Crippen LogP contribution in [0.25, 0.3) is 0 Å². The number of nitrogens with one attached hydrogen (secondary N) is 2. The van der Waals surface area contributed by atoms with Gasteiger partial charge in [-0.15, -0.1) is 0 Å². The molecular weight excluding hydrogens is 374 g/mol. The van der Waals surface area contributed by atoms with E-state index in [-0.39, 0.29) is 11.4 Å². The number of halogens is 3. The molecule has 0 aliphatic carbocycles. The zero-order chi connectivity index (χ0) is 19.2. The second-order valence-electron chi connectivity index (χ2n) is 5.65. The Kier molecular flexibility index (Phi) is 5.93. The standard InChI is InChI=1S/C19H15ClF2N4O/c20-13-3-1-12(2-4-13)7-9-23-19-24-10-8-17(26-19)18(27)25-14-5-6-15(21)16(22)11-14/h1-6,8,10-11H,7,9H2,(H,25,27)(H,23,24,26). The van der Waals surface area contributed by atoms with Crippen LogP contribution in [0, 0.1) is 11.6 Å². The highest BCUT2D eigenvalue weighted by Crippen LogP contribution is 2.14. The molecule has 27 heavy (non-hydrogen) atoms. The van der Waals surface area contributed by atoms with Crippen molar-refractivity contribution in [3.63, 3.8) is 0 Å². The summed E-state index contributed by atoms with van der Waals surface area (Å²) in [6.45, 7) is 0.565. The Labute approximate surface area is 159 Å². The van der Waals surface area contributed by atoms with Gasteiger partial charge in [-0.05, 0) is 42.3 Å². The number of amides is 1. The van der Waals surface area contributed by atoms with Crippen LogP contribution in [-0.4, -0.2) is 22.4 Å². The van der Waals surface area contributed by atoms with E-state index in [1.54, 1.807) is 0 Å². The summed E-state index contributed by atoms with van der Waals surface area (Å²) in [4.78, 5) is 20.4. The summed E-state index contributed by atoms with van der Waals surface area (Å²) in [5.41, 5.74) is 1.33. The van der Waals surface area contributed by atoms with Crippen molar-refractivity contribution in [3.05, 3.63) is 82.6 Å². The number of hydrogen-bond acceptors (Lipinski definition) is 4. The van der Waals surface area contributed by atoms with Gasteiger partial charge in [0.15, 0.2) is 11.6 Å². The number of anilines is 2. The molecule has 8 heteroatoms. The molecule has 0 unspecified atom stereocenters. The molecule has 138 valence electrons. The van der Waals surface area contributed by atoms with E-state index in [0.717, 1.165) is 24.1 Å². The van der Waals surface area contributed by atoms with Crippen molar-refractivity contribution in [2.45, 2.75) is 6.42 Å². The quantitative estimate of drug-likeness (QED) is 0.660. The normalized spacial score (nSPS) is 10.5. The maximum Gasteiger partial charge on any atom is 0.274 e.